The molecule has 8 nitrogen and oxygen atoms in total. The largest absolute Gasteiger partial charge is 0.493 e. The Morgan fingerprint density at radius 2 is 1.61 bits per heavy atom. The zero-order valence-corrected chi connectivity index (χ0v) is 26.9. The highest BCUT2D eigenvalue weighted by Crippen LogP contribution is 2.35. The number of carbonyl (C=O) groups excluding carboxylic acids is 1. The summed E-state index contributed by atoms with van der Waals surface area (Å²) < 4.78 is 5.80. The van der Waals surface area contributed by atoms with Crippen molar-refractivity contribution < 1.29 is 9.53 Å². The second kappa shape index (κ2) is 13.0. The van der Waals surface area contributed by atoms with E-state index in [-0.39, 0.29) is 5.91 Å². The molecule has 0 spiro atoms. The van der Waals surface area contributed by atoms with Gasteiger partial charge in [0.15, 0.2) is 0 Å². The number of nitrogens with one attached hydrogen (secondary N) is 1. The highest BCUT2D eigenvalue weighted by atomic mass is 16.5. The molecule has 2 fully saturated rings. The average molecular weight is 595 g/mol. The highest BCUT2D eigenvalue weighted by Gasteiger charge is 2.27. The first-order valence-corrected chi connectivity index (χ1v) is 16.0. The molecule has 0 radical (unpaired) electrons. The van der Waals surface area contributed by atoms with Crippen LogP contribution in [0, 0.1) is 13.8 Å². The Hall–Kier alpha value is -3.88. The summed E-state index contributed by atoms with van der Waals surface area (Å²) in [5.74, 6) is 0.818. The number of amides is 1. The molecule has 0 unspecified atom stereocenters. The minimum absolute atomic E-state index is 0.0601. The fraction of sp³-hybridized carbons (Fsp3) is 0.444. The van der Waals surface area contributed by atoms with E-state index >= 15 is 0 Å². The monoisotopic (exact) mass is 594 g/mol. The van der Waals surface area contributed by atoms with E-state index < -0.39 is 0 Å². The lowest BCUT2D eigenvalue weighted by Crippen LogP contribution is -2.53. The van der Waals surface area contributed by atoms with Gasteiger partial charge in [-0.1, -0.05) is 12.1 Å². The summed E-state index contributed by atoms with van der Waals surface area (Å²) in [4.78, 5) is 29.3. The number of anilines is 1. The number of benzene rings is 2. The molecular weight excluding hydrogens is 548 g/mol. The van der Waals surface area contributed by atoms with Gasteiger partial charge in [0, 0.05) is 80.9 Å². The molecule has 0 bridgehead atoms. The zero-order chi connectivity index (χ0) is 30.8. The number of pyridine rings is 1. The van der Waals surface area contributed by atoms with E-state index in [1.165, 1.54) is 48.3 Å². The number of rotatable bonds is 8. The van der Waals surface area contributed by atoms with Gasteiger partial charge >= 0.3 is 0 Å². The van der Waals surface area contributed by atoms with Crippen molar-refractivity contribution in [2.45, 2.75) is 39.2 Å². The predicted molar refractivity (Wildman–Crippen MR) is 180 cm³/mol. The topological polar surface area (TPSA) is 67.9 Å². The van der Waals surface area contributed by atoms with Crippen molar-refractivity contribution in [2.24, 2.45) is 0 Å². The maximum Gasteiger partial charge on any atom is 0.225 e. The maximum atomic E-state index is 11.8. The molecule has 6 rings (SSSR count). The van der Waals surface area contributed by atoms with E-state index in [0.29, 0.717) is 13.0 Å². The van der Waals surface area contributed by atoms with Crippen molar-refractivity contribution in [3.05, 3.63) is 66.0 Å². The molecular formula is C36H46N6O2. The first-order chi connectivity index (χ1) is 21.3. The zero-order valence-electron chi connectivity index (χ0n) is 26.9. The molecule has 44 heavy (non-hydrogen) atoms. The first kappa shape index (κ1) is 30.2. The summed E-state index contributed by atoms with van der Waals surface area (Å²) in [6.07, 6.45) is 6.96. The highest BCUT2D eigenvalue weighted by molar-refractivity contribution is 5.96. The van der Waals surface area contributed by atoms with Crippen molar-refractivity contribution >= 4 is 22.6 Å². The number of piperidine rings is 1. The van der Waals surface area contributed by atoms with Crippen LogP contribution in [0.5, 0.6) is 5.75 Å². The number of aromatic amines is 1. The van der Waals surface area contributed by atoms with Gasteiger partial charge < -0.3 is 24.4 Å². The Bertz CT molecular complexity index is 1570. The number of ether oxygens (including phenoxy) is 1. The molecule has 0 atom stereocenters. The van der Waals surface area contributed by atoms with Crippen molar-refractivity contribution in [2.75, 3.05) is 71.9 Å². The number of nitrogens with zero attached hydrogens (tertiary/aromatic N) is 5. The molecule has 2 aliphatic rings. The number of fused-ring (bicyclic) bond motifs is 1. The number of aromatic nitrogens is 2. The Morgan fingerprint density at radius 3 is 2.27 bits per heavy atom. The van der Waals surface area contributed by atoms with Gasteiger partial charge in [0.1, 0.15) is 11.4 Å². The summed E-state index contributed by atoms with van der Waals surface area (Å²) in [6.45, 7) is 11.8. The van der Waals surface area contributed by atoms with E-state index in [1.54, 1.807) is 19.0 Å². The summed E-state index contributed by atoms with van der Waals surface area (Å²) in [7, 11) is 5.76. The van der Waals surface area contributed by atoms with Crippen molar-refractivity contribution in [3.8, 4) is 28.0 Å². The number of aryl methyl sites for hydroxylation is 2. The van der Waals surface area contributed by atoms with Crippen molar-refractivity contribution in [1.29, 1.82) is 0 Å². The summed E-state index contributed by atoms with van der Waals surface area (Å²) in [6, 6.07) is 15.7. The maximum absolute atomic E-state index is 11.8. The predicted octanol–water partition coefficient (Wildman–Crippen LogP) is 5.59. The molecule has 1 N–H and O–H groups in total. The van der Waals surface area contributed by atoms with Crippen molar-refractivity contribution in [1.82, 2.24) is 24.7 Å². The van der Waals surface area contributed by atoms with Crippen LogP contribution < -0.4 is 9.64 Å². The Kier molecular flexibility index (Phi) is 8.91. The molecule has 2 aromatic heterocycles. The van der Waals surface area contributed by atoms with Gasteiger partial charge in [0.05, 0.1) is 13.0 Å². The second-order valence-electron chi connectivity index (χ2n) is 12.7. The number of likely N-dealkylation sites (tertiary alicyclic amines) is 1. The molecule has 0 aliphatic carbocycles. The van der Waals surface area contributed by atoms with Gasteiger partial charge in [-0.3, -0.25) is 9.69 Å². The Labute approximate surface area is 261 Å². The molecule has 8 heteroatoms. The average Bonchev–Trinajstić information content (AvgIpc) is 3.45. The van der Waals surface area contributed by atoms with Gasteiger partial charge in [0.25, 0.3) is 0 Å². The molecule has 4 aromatic rings. The van der Waals surface area contributed by atoms with Crippen LogP contribution in [0.1, 0.15) is 30.4 Å². The van der Waals surface area contributed by atoms with Crippen LogP contribution in [0.2, 0.25) is 0 Å². The fourth-order valence-corrected chi connectivity index (χ4v) is 6.90. The van der Waals surface area contributed by atoms with Crippen molar-refractivity contribution in [3.63, 3.8) is 0 Å². The molecule has 2 aromatic carbocycles. The quantitative estimate of drug-likeness (QED) is 0.287. The van der Waals surface area contributed by atoms with E-state index in [4.69, 9.17) is 9.72 Å². The fourth-order valence-electron chi connectivity index (χ4n) is 6.90. The van der Waals surface area contributed by atoms with Gasteiger partial charge in [-0.05, 0) is 99.4 Å². The number of hydrogen-bond donors (Lipinski definition) is 1. The lowest BCUT2D eigenvalue weighted by Gasteiger charge is -2.43. The standard InChI is InChI=1S/C36H46N6O2/c1-25-20-28(21-26(2)35(25)42-17-15-41(16-18-42)30-10-13-40(5)14-11-30)29-22-32-33(24-38-36(32)37-23-29)27-6-8-31(9-7-27)44-19-12-34(43)39(3)4/h6-9,20-24,30H,10-19H2,1-5H3,(H,37,38). The Morgan fingerprint density at radius 1 is 0.932 bits per heavy atom. The van der Waals surface area contributed by atoms with Crippen LogP contribution >= 0.6 is 0 Å². The summed E-state index contributed by atoms with van der Waals surface area (Å²) in [5, 5.41) is 1.09. The molecule has 232 valence electrons. The molecule has 2 saturated heterocycles. The normalized spacial score (nSPS) is 16.9. The number of hydrogen-bond acceptors (Lipinski definition) is 6. The minimum atomic E-state index is 0.0601. The van der Waals surface area contributed by atoms with Crippen LogP contribution in [0.15, 0.2) is 54.9 Å². The first-order valence-electron chi connectivity index (χ1n) is 16.0. The lowest BCUT2D eigenvalue weighted by atomic mass is 9.97. The van der Waals surface area contributed by atoms with Crippen LogP contribution in [-0.2, 0) is 4.79 Å². The van der Waals surface area contributed by atoms with Crippen LogP contribution in [-0.4, -0.2) is 104 Å². The SMILES string of the molecule is Cc1cc(-c2cnc3[nH]cc(-c4ccc(OCCC(=O)N(C)C)cc4)c3c2)cc(C)c1N1CCN(C2CCN(C)CC2)CC1. The van der Waals surface area contributed by atoms with Gasteiger partial charge in [-0.25, -0.2) is 4.98 Å². The van der Waals surface area contributed by atoms with E-state index in [0.717, 1.165) is 65.7 Å². The third-order valence-electron chi connectivity index (χ3n) is 9.44. The molecule has 2 aliphatic heterocycles. The Balaban J connectivity index is 1.16. The third kappa shape index (κ3) is 6.47. The van der Waals surface area contributed by atoms with E-state index in [1.807, 2.05) is 24.5 Å². The van der Waals surface area contributed by atoms with Gasteiger partial charge in [-0.15, -0.1) is 0 Å². The molecule has 0 saturated carbocycles. The third-order valence-corrected chi connectivity index (χ3v) is 9.44. The smallest absolute Gasteiger partial charge is 0.225 e. The number of carbonyl (C=O) groups is 1. The van der Waals surface area contributed by atoms with Crippen LogP contribution in [0.3, 0.4) is 0 Å². The van der Waals surface area contributed by atoms with Crippen LogP contribution in [0.25, 0.3) is 33.3 Å². The van der Waals surface area contributed by atoms with E-state index in [9.17, 15) is 4.79 Å². The molecule has 1 amide bonds. The molecule has 4 heterocycles. The van der Waals surface area contributed by atoms with Gasteiger partial charge in [0.2, 0.25) is 5.91 Å². The van der Waals surface area contributed by atoms with Gasteiger partial charge in [-0.2, -0.15) is 0 Å². The lowest BCUT2D eigenvalue weighted by molar-refractivity contribution is -0.129. The summed E-state index contributed by atoms with van der Waals surface area (Å²) >= 11 is 0. The number of H-pyrrole nitrogens is 1. The summed E-state index contributed by atoms with van der Waals surface area (Å²) in [5.41, 5.74) is 9.43. The number of piperazine rings is 1. The minimum Gasteiger partial charge on any atom is -0.493 e. The van der Waals surface area contributed by atoms with E-state index in [2.05, 4.69) is 70.9 Å². The second-order valence-corrected chi connectivity index (χ2v) is 12.7. The van der Waals surface area contributed by atoms with Crippen LogP contribution in [0.4, 0.5) is 5.69 Å².